The molecular formula is C20H21Cl2NO6. The molecule has 1 aliphatic heterocycles. The summed E-state index contributed by atoms with van der Waals surface area (Å²) in [5.41, 5.74) is -1.64. The maximum atomic E-state index is 12.4. The first-order valence-corrected chi connectivity index (χ1v) is 9.49. The lowest BCUT2D eigenvalue weighted by Gasteiger charge is -2.43. The third-order valence-corrected chi connectivity index (χ3v) is 5.98. The Morgan fingerprint density at radius 3 is 2.03 bits per heavy atom. The summed E-state index contributed by atoms with van der Waals surface area (Å²) in [7, 11) is 1.57. The van der Waals surface area contributed by atoms with E-state index in [-0.39, 0.29) is 33.2 Å². The number of carboxylic acids is 2. The Hall–Kier alpha value is -2.51. The number of nitrogens with zero attached hydrogens (tertiary/aromatic N) is 1. The molecule has 1 heterocycles. The van der Waals surface area contributed by atoms with Crippen molar-refractivity contribution in [3.8, 4) is 0 Å². The SMILES string of the molecule is CCC(=O)OCC1(c2cccc(Cl)c2Cl)C(C(=O)O)=C(C)N(C)C(C)=C1C(=O)O. The fraction of sp³-hybridized carbons (Fsp3) is 0.350. The number of benzene rings is 1. The van der Waals surface area contributed by atoms with Crippen molar-refractivity contribution in [1.29, 1.82) is 0 Å². The predicted molar refractivity (Wildman–Crippen MR) is 108 cm³/mol. The zero-order valence-electron chi connectivity index (χ0n) is 16.4. The van der Waals surface area contributed by atoms with Gasteiger partial charge in [0.25, 0.3) is 0 Å². The average molecular weight is 442 g/mol. The minimum atomic E-state index is -1.86. The van der Waals surface area contributed by atoms with Crippen molar-refractivity contribution in [2.45, 2.75) is 32.6 Å². The number of carbonyl (C=O) groups excluding carboxylic acids is 1. The largest absolute Gasteiger partial charge is 0.478 e. The summed E-state index contributed by atoms with van der Waals surface area (Å²) < 4.78 is 5.32. The molecule has 0 atom stereocenters. The number of rotatable bonds is 6. The number of hydrogen-bond acceptors (Lipinski definition) is 5. The van der Waals surface area contributed by atoms with E-state index in [0.717, 1.165) is 0 Å². The number of carbonyl (C=O) groups is 3. The maximum absolute atomic E-state index is 12.4. The highest BCUT2D eigenvalue weighted by Gasteiger charge is 2.53. The molecule has 0 bridgehead atoms. The molecule has 29 heavy (non-hydrogen) atoms. The molecule has 0 unspecified atom stereocenters. The summed E-state index contributed by atoms with van der Waals surface area (Å²) in [5.74, 6) is -3.32. The van der Waals surface area contributed by atoms with Crippen LogP contribution in [0.1, 0.15) is 32.8 Å². The molecule has 2 N–H and O–H groups in total. The molecule has 0 fully saturated rings. The van der Waals surface area contributed by atoms with Gasteiger partial charge < -0.3 is 19.8 Å². The number of aliphatic carboxylic acids is 2. The van der Waals surface area contributed by atoms with E-state index in [4.69, 9.17) is 27.9 Å². The third-order valence-electron chi connectivity index (χ3n) is 5.16. The normalized spacial score (nSPS) is 16.1. The van der Waals surface area contributed by atoms with Gasteiger partial charge in [0.1, 0.15) is 6.61 Å². The van der Waals surface area contributed by atoms with Crippen molar-refractivity contribution in [1.82, 2.24) is 4.90 Å². The van der Waals surface area contributed by atoms with Gasteiger partial charge in [-0.2, -0.15) is 0 Å². The molecule has 156 valence electrons. The summed E-state index contributed by atoms with van der Waals surface area (Å²) in [5, 5.41) is 20.3. The topological polar surface area (TPSA) is 104 Å². The number of esters is 1. The van der Waals surface area contributed by atoms with Crippen molar-refractivity contribution in [3.63, 3.8) is 0 Å². The van der Waals surface area contributed by atoms with Crippen LogP contribution in [0.5, 0.6) is 0 Å². The Morgan fingerprint density at radius 1 is 1.07 bits per heavy atom. The van der Waals surface area contributed by atoms with Gasteiger partial charge in [0, 0.05) is 24.9 Å². The summed E-state index contributed by atoms with van der Waals surface area (Å²) in [6.45, 7) is 4.14. The molecule has 0 aliphatic carbocycles. The molecule has 0 radical (unpaired) electrons. The zero-order chi connectivity index (χ0) is 22.1. The summed E-state index contributed by atoms with van der Waals surface area (Å²) in [4.78, 5) is 38.2. The first kappa shape index (κ1) is 22.8. The van der Waals surface area contributed by atoms with Crippen LogP contribution >= 0.6 is 23.2 Å². The molecular weight excluding hydrogens is 421 g/mol. The van der Waals surface area contributed by atoms with Gasteiger partial charge in [-0.3, -0.25) is 4.79 Å². The van der Waals surface area contributed by atoms with E-state index in [9.17, 15) is 24.6 Å². The van der Waals surface area contributed by atoms with Gasteiger partial charge in [-0.1, -0.05) is 42.3 Å². The average Bonchev–Trinajstić information content (AvgIpc) is 2.65. The van der Waals surface area contributed by atoms with Crippen molar-refractivity contribution in [3.05, 3.63) is 56.3 Å². The Kier molecular flexibility index (Phi) is 6.65. The van der Waals surface area contributed by atoms with Crippen molar-refractivity contribution in [2.75, 3.05) is 13.7 Å². The van der Waals surface area contributed by atoms with Gasteiger partial charge in [-0.15, -0.1) is 0 Å². The van der Waals surface area contributed by atoms with Gasteiger partial charge >= 0.3 is 17.9 Å². The van der Waals surface area contributed by atoms with Gasteiger partial charge in [-0.05, 0) is 25.5 Å². The van der Waals surface area contributed by atoms with E-state index in [1.807, 2.05) is 0 Å². The monoisotopic (exact) mass is 441 g/mol. The highest BCUT2D eigenvalue weighted by molar-refractivity contribution is 6.42. The highest BCUT2D eigenvalue weighted by atomic mass is 35.5. The molecule has 0 saturated heterocycles. The predicted octanol–water partition coefficient (Wildman–Crippen LogP) is 3.85. The van der Waals surface area contributed by atoms with Crippen LogP contribution in [-0.2, 0) is 24.5 Å². The maximum Gasteiger partial charge on any atom is 0.334 e. The highest BCUT2D eigenvalue weighted by Crippen LogP contribution is 2.50. The van der Waals surface area contributed by atoms with E-state index in [1.165, 1.54) is 23.1 Å². The molecule has 9 heteroatoms. The fourth-order valence-electron chi connectivity index (χ4n) is 3.62. The van der Waals surface area contributed by atoms with Crippen molar-refractivity contribution < 1.29 is 29.3 Å². The third kappa shape index (κ3) is 3.72. The van der Waals surface area contributed by atoms with Crippen LogP contribution in [0.25, 0.3) is 0 Å². The number of halogens is 2. The molecule has 7 nitrogen and oxygen atoms in total. The van der Waals surface area contributed by atoms with E-state index in [0.29, 0.717) is 11.4 Å². The molecule has 0 saturated carbocycles. The molecule has 0 spiro atoms. The lowest BCUT2D eigenvalue weighted by atomic mass is 9.66. The number of hydrogen-bond donors (Lipinski definition) is 2. The molecule has 0 amide bonds. The molecule has 1 aliphatic rings. The Balaban J connectivity index is 3.03. The standard InChI is InChI=1S/C20H21Cl2NO6/c1-5-14(24)29-9-20(12-7-6-8-13(21)17(12)22)15(18(25)26)10(2)23(4)11(3)16(20)19(27)28/h6-8H,5,9H2,1-4H3,(H,25,26)(H,27,28). The summed E-state index contributed by atoms with van der Waals surface area (Å²) in [6, 6.07) is 4.53. The minimum Gasteiger partial charge on any atom is -0.478 e. The van der Waals surface area contributed by atoms with E-state index >= 15 is 0 Å². The smallest absolute Gasteiger partial charge is 0.334 e. The number of carboxylic acid groups (broad SMARTS) is 2. The van der Waals surface area contributed by atoms with Gasteiger partial charge in [-0.25, -0.2) is 9.59 Å². The number of allylic oxidation sites excluding steroid dienone is 2. The van der Waals surface area contributed by atoms with Crippen LogP contribution in [0.4, 0.5) is 0 Å². The van der Waals surface area contributed by atoms with Gasteiger partial charge in [0.15, 0.2) is 0 Å². The fourth-order valence-corrected chi connectivity index (χ4v) is 4.08. The molecule has 0 aromatic heterocycles. The second-order valence-electron chi connectivity index (χ2n) is 6.61. The second kappa shape index (κ2) is 8.47. The van der Waals surface area contributed by atoms with Crippen LogP contribution in [-0.4, -0.2) is 46.7 Å². The molecule has 1 aromatic rings. The summed E-state index contributed by atoms with van der Waals surface area (Å²) >= 11 is 12.6. The Labute approximate surface area is 178 Å². The van der Waals surface area contributed by atoms with Crippen LogP contribution < -0.4 is 0 Å². The second-order valence-corrected chi connectivity index (χ2v) is 7.40. The summed E-state index contributed by atoms with van der Waals surface area (Å²) in [6.07, 6.45) is 0.0372. The van der Waals surface area contributed by atoms with Gasteiger partial charge in [0.05, 0.1) is 26.6 Å². The first-order valence-electron chi connectivity index (χ1n) is 8.73. The lowest BCUT2D eigenvalue weighted by Crippen LogP contribution is -2.48. The van der Waals surface area contributed by atoms with E-state index in [2.05, 4.69) is 0 Å². The van der Waals surface area contributed by atoms with Crippen LogP contribution in [0, 0.1) is 0 Å². The first-order chi connectivity index (χ1) is 13.5. The molecule has 1 aromatic carbocycles. The van der Waals surface area contributed by atoms with Crippen LogP contribution in [0.2, 0.25) is 10.0 Å². The Bertz CT molecular complexity index is 912. The van der Waals surface area contributed by atoms with Gasteiger partial charge in [0.2, 0.25) is 0 Å². The van der Waals surface area contributed by atoms with E-state index in [1.54, 1.807) is 27.8 Å². The van der Waals surface area contributed by atoms with E-state index < -0.39 is 29.9 Å². The quantitative estimate of drug-likeness (QED) is 0.645. The van der Waals surface area contributed by atoms with Crippen LogP contribution in [0.3, 0.4) is 0 Å². The minimum absolute atomic E-state index is 0.00985. The molecule has 2 rings (SSSR count). The van der Waals surface area contributed by atoms with Crippen molar-refractivity contribution >= 4 is 41.1 Å². The Morgan fingerprint density at radius 2 is 1.59 bits per heavy atom. The number of ether oxygens (including phenoxy) is 1. The zero-order valence-corrected chi connectivity index (χ0v) is 17.9. The van der Waals surface area contributed by atoms with Crippen LogP contribution in [0.15, 0.2) is 40.7 Å². The van der Waals surface area contributed by atoms with Crippen molar-refractivity contribution in [2.24, 2.45) is 0 Å². The lowest BCUT2D eigenvalue weighted by molar-refractivity contribution is -0.146.